The molecule has 0 aliphatic carbocycles. The smallest absolute Gasteiger partial charge is 0.254 e. The first-order valence-corrected chi connectivity index (χ1v) is 8.58. The van der Waals surface area contributed by atoms with Crippen molar-refractivity contribution in [1.29, 1.82) is 0 Å². The highest BCUT2D eigenvalue weighted by atomic mass is 19.1. The van der Waals surface area contributed by atoms with Crippen molar-refractivity contribution >= 4 is 5.91 Å². The molecule has 2 heterocycles. The Balaban J connectivity index is 1.71. The van der Waals surface area contributed by atoms with E-state index in [1.165, 1.54) is 19.2 Å². The second-order valence-electron chi connectivity index (χ2n) is 6.74. The number of oxazole rings is 1. The summed E-state index contributed by atoms with van der Waals surface area (Å²) in [6, 6.07) is 4.27. The van der Waals surface area contributed by atoms with E-state index >= 15 is 0 Å². The molecule has 3 rings (SSSR count). The van der Waals surface area contributed by atoms with Gasteiger partial charge in [-0.25, -0.2) is 9.37 Å². The summed E-state index contributed by atoms with van der Waals surface area (Å²) in [5.41, 5.74) is 1.12. The molecule has 2 aromatic rings. The number of nitrogens with zero attached hydrogens (tertiary/aromatic N) is 2. The summed E-state index contributed by atoms with van der Waals surface area (Å²) in [5, 5.41) is 0. The number of ether oxygens (including phenoxy) is 1. The van der Waals surface area contributed by atoms with E-state index in [0.29, 0.717) is 31.0 Å². The Morgan fingerprint density at radius 2 is 2.24 bits per heavy atom. The molecule has 0 spiro atoms. The topological polar surface area (TPSA) is 55.6 Å². The molecule has 5 nitrogen and oxygen atoms in total. The van der Waals surface area contributed by atoms with Crippen LogP contribution in [0.25, 0.3) is 0 Å². The van der Waals surface area contributed by atoms with Crippen LogP contribution in [0.2, 0.25) is 0 Å². The summed E-state index contributed by atoms with van der Waals surface area (Å²) in [4.78, 5) is 18.9. The van der Waals surface area contributed by atoms with E-state index in [1.54, 1.807) is 11.0 Å². The Morgan fingerprint density at radius 3 is 2.92 bits per heavy atom. The Morgan fingerprint density at radius 1 is 1.44 bits per heavy atom. The summed E-state index contributed by atoms with van der Waals surface area (Å²) in [7, 11) is 1.40. The van der Waals surface area contributed by atoms with Crippen LogP contribution >= 0.6 is 0 Å². The van der Waals surface area contributed by atoms with E-state index in [9.17, 15) is 9.18 Å². The second-order valence-corrected chi connectivity index (χ2v) is 6.74. The summed E-state index contributed by atoms with van der Waals surface area (Å²) < 4.78 is 24.6. The molecule has 134 valence electrons. The number of fused-ring (bicyclic) bond motifs is 1. The molecule has 0 fully saturated rings. The van der Waals surface area contributed by atoms with Crippen LogP contribution in [-0.2, 0) is 19.4 Å². The number of hydrogen-bond acceptors (Lipinski definition) is 4. The Hall–Kier alpha value is -2.37. The average Bonchev–Trinajstić information content (AvgIpc) is 3.01. The molecule has 1 aliphatic rings. The third kappa shape index (κ3) is 3.83. The van der Waals surface area contributed by atoms with E-state index in [0.717, 1.165) is 30.2 Å². The minimum atomic E-state index is -0.538. The summed E-state index contributed by atoms with van der Waals surface area (Å²) in [6.07, 6.45) is 2.46. The van der Waals surface area contributed by atoms with Gasteiger partial charge in [0, 0.05) is 24.9 Å². The van der Waals surface area contributed by atoms with Crippen molar-refractivity contribution < 1.29 is 18.3 Å². The first-order chi connectivity index (χ1) is 12.0. The number of carbonyl (C=O) groups is 1. The van der Waals surface area contributed by atoms with Crippen molar-refractivity contribution in [1.82, 2.24) is 9.88 Å². The summed E-state index contributed by atoms with van der Waals surface area (Å²) in [6.45, 7) is 5.26. The molecule has 0 N–H and O–H groups in total. The number of aromatic nitrogens is 1. The molecule has 25 heavy (non-hydrogen) atoms. The van der Waals surface area contributed by atoms with Crippen LogP contribution in [0.15, 0.2) is 22.6 Å². The predicted octanol–water partition coefficient (Wildman–Crippen LogP) is 3.61. The number of carbonyl (C=O) groups excluding carboxylic acids is 1. The van der Waals surface area contributed by atoms with Crippen LogP contribution in [0, 0.1) is 11.7 Å². The molecule has 0 unspecified atom stereocenters. The number of benzene rings is 1. The van der Waals surface area contributed by atoms with Crippen molar-refractivity contribution in [2.75, 3.05) is 13.7 Å². The van der Waals surface area contributed by atoms with Crippen molar-refractivity contribution in [2.45, 2.75) is 39.7 Å². The van der Waals surface area contributed by atoms with Crippen molar-refractivity contribution in [3.8, 4) is 5.75 Å². The highest BCUT2D eigenvalue weighted by Crippen LogP contribution is 2.24. The number of amides is 1. The van der Waals surface area contributed by atoms with Gasteiger partial charge in [-0.3, -0.25) is 4.79 Å². The van der Waals surface area contributed by atoms with Crippen molar-refractivity contribution in [3.63, 3.8) is 0 Å². The van der Waals surface area contributed by atoms with E-state index in [4.69, 9.17) is 9.15 Å². The molecule has 1 amide bonds. The quantitative estimate of drug-likeness (QED) is 0.830. The monoisotopic (exact) mass is 346 g/mol. The molecule has 0 radical (unpaired) electrons. The third-order valence-electron chi connectivity index (χ3n) is 4.39. The summed E-state index contributed by atoms with van der Waals surface area (Å²) >= 11 is 0. The van der Waals surface area contributed by atoms with Gasteiger partial charge < -0.3 is 14.1 Å². The van der Waals surface area contributed by atoms with Crippen molar-refractivity contribution in [2.24, 2.45) is 5.92 Å². The number of methoxy groups -OCH3 is 1. The predicted molar refractivity (Wildman–Crippen MR) is 91.1 cm³/mol. The lowest BCUT2D eigenvalue weighted by Gasteiger charge is -2.25. The minimum absolute atomic E-state index is 0.128. The number of rotatable bonds is 5. The highest BCUT2D eigenvalue weighted by Gasteiger charge is 2.26. The first kappa shape index (κ1) is 17.5. The normalized spacial score (nSPS) is 13.9. The molecule has 1 aromatic heterocycles. The molecule has 6 heteroatoms. The fraction of sp³-hybridized carbons (Fsp3) is 0.474. The fourth-order valence-electron chi connectivity index (χ4n) is 2.93. The maximum Gasteiger partial charge on any atom is 0.254 e. The third-order valence-corrected chi connectivity index (χ3v) is 4.39. The Labute approximate surface area is 146 Å². The zero-order chi connectivity index (χ0) is 18.0. The van der Waals surface area contributed by atoms with Crippen LogP contribution in [0.5, 0.6) is 5.75 Å². The molecule has 0 saturated carbocycles. The van der Waals surface area contributed by atoms with E-state index < -0.39 is 5.82 Å². The Bertz CT molecular complexity index is 770. The van der Waals surface area contributed by atoms with Gasteiger partial charge in [0.2, 0.25) is 0 Å². The van der Waals surface area contributed by atoms with Crippen LogP contribution in [-0.4, -0.2) is 29.4 Å². The van der Waals surface area contributed by atoms with E-state index in [2.05, 4.69) is 18.8 Å². The zero-order valence-electron chi connectivity index (χ0n) is 14.8. The van der Waals surface area contributed by atoms with Gasteiger partial charge >= 0.3 is 0 Å². The van der Waals surface area contributed by atoms with Gasteiger partial charge in [-0.05, 0) is 30.5 Å². The van der Waals surface area contributed by atoms with Gasteiger partial charge in [-0.2, -0.15) is 0 Å². The van der Waals surface area contributed by atoms with Gasteiger partial charge in [-0.1, -0.05) is 13.8 Å². The maximum atomic E-state index is 13.8. The van der Waals surface area contributed by atoms with Gasteiger partial charge in [-0.15, -0.1) is 0 Å². The number of aryl methyl sites for hydroxylation is 1. The number of hydrogen-bond donors (Lipinski definition) is 0. The molecule has 0 bridgehead atoms. The lowest BCUT2D eigenvalue weighted by Crippen LogP contribution is -2.35. The molecule has 0 atom stereocenters. The lowest BCUT2D eigenvalue weighted by atomic mass is 10.1. The summed E-state index contributed by atoms with van der Waals surface area (Å²) in [5.74, 6) is 1.57. The zero-order valence-corrected chi connectivity index (χ0v) is 14.8. The van der Waals surface area contributed by atoms with Crippen LogP contribution in [0.4, 0.5) is 4.39 Å². The second kappa shape index (κ2) is 7.25. The standard InChI is InChI=1S/C19H23FN2O3/c1-12(2)4-7-18-21-15-11-22(9-8-17(15)25-18)19(23)13-5-6-16(24-3)14(20)10-13/h5-6,10,12H,4,7-9,11H2,1-3H3. The average molecular weight is 346 g/mol. The molecular weight excluding hydrogens is 323 g/mol. The van der Waals surface area contributed by atoms with Gasteiger partial charge in [0.05, 0.1) is 13.7 Å². The van der Waals surface area contributed by atoms with E-state index in [1.807, 2.05) is 0 Å². The van der Waals surface area contributed by atoms with Crippen LogP contribution in [0.3, 0.4) is 0 Å². The van der Waals surface area contributed by atoms with Gasteiger partial charge in [0.1, 0.15) is 11.5 Å². The van der Waals surface area contributed by atoms with Crippen LogP contribution < -0.4 is 4.74 Å². The Kier molecular flexibility index (Phi) is 5.06. The fourth-order valence-corrected chi connectivity index (χ4v) is 2.93. The van der Waals surface area contributed by atoms with Gasteiger partial charge in [0.25, 0.3) is 5.91 Å². The van der Waals surface area contributed by atoms with Gasteiger partial charge in [0.15, 0.2) is 17.5 Å². The minimum Gasteiger partial charge on any atom is -0.494 e. The molecule has 1 aliphatic heterocycles. The lowest BCUT2D eigenvalue weighted by molar-refractivity contribution is 0.0727. The van der Waals surface area contributed by atoms with Crippen molar-refractivity contribution in [3.05, 3.63) is 46.9 Å². The first-order valence-electron chi connectivity index (χ1n) is 8.58. The number of halogens is 1. The largest absolute Gasteiger partial charge is 0.494 e. The molecule has 0 saturated heterocycles. The van der Waals surface area contributed by atoms with Crippen LogP contribution in [0.1, 0.15) is 48.0 Å². The maximum absolute atomic E-state index is 13.8. The van der Waals surface area contributed by atoms with E-state index in [-0.39, 0.29) is 11.7 Å². The SMILES string of the molecule is COc1ccc(C(=O)N2CCc3oc(CCC(C)C)nc3C2)cc1F. The molecule has 1 aromatic carbocycles. The highest BCUT2D eigenvalue weighted by molar-refractivity contribution is 5.94. The molecular formula is C19H23FN2O3.